The van der Waals surface area contributed by atoms with E-state index in [1.54, 1.807) is 6.07 Å². The SMILES string of the molecule is O=C(O)c1cccnc1C(=O)Nc1ccc(Cl)nc1. The van der Waals surface area contributed by atoms with E-state index in [-0.39, 0.29) is 11.3 Å². The second kappa shape index (κ2) is 5.45. The molecule has 0 atom stereocenters. The second-order valence-corrected chi connectivity index (χ2v) is 3.92. The number of nitrogens with one attached hydrogen (secondary N) is 1. The third-order valence-corrected chi connectivity index (χ3v) is 2.46. The summed E-state index contributed by atoms with van der Waals surface area (Å²) in [5.74, 6) is -1.84. The lowest BCUT2D eigenvalue weighted by Gasteiger charge is -2.06. The van der Waals surface area contributed by atoms with E-state index < -0.39 is 11.9 Å². The lowest BCUT2D eigenvalue weighted by Crippen LogP contribution is -2.18. The molecule has 2 aromatic heterocycles. The number of hydrogen-bond acceptors (Lipinski definition) is 4. The molecule has 0 bridgehead atoms. The summed E-state index contributed by atoms with van der Waals surface area (Å²) in [6.07, 6.45) is 2.71. The lowest BCUT2D eigenvalue weighted by atomic mass is 10.2. The van der Waals surface area contributed by atoms with Crippen LogP contribution in [-0.4, -0.2) is 27.0 Å². The number of carbonyl (C=O) groups is 2. The van der Waals surface area contributed by atoms with Crippen molar-refractivity contribution < 1.29 is 14.7 Å². The fraction of sp³-hybridized carbons (Fsp3) is 0. The first-order chi connectivity index (χ1) is 9.08. The topological polar surface area (TPSA) is 92.2 Å². The minimum atomic E-state index is -1.22. The molecule has 96 valence electrons. The Labute approximate surface area is 113 Å². The lowest BCUT2D eigenvalue weighted by molar-refractivity contribution is 0.0691. The number of halogens is 1. The van der Waals surface area contributed by atoms with Gasteiger partial charge in [0, 0.05) is 6.20 Å². The van der Waals surface area contributed by atoms with E-state index in [9.17, 15) is 9.59 Å². The van der Waals surface area contributed by atoms with Gasteiger partial charge in [-0.2, -0.15) is 0 Å². The van der Waals surface area contributed by atoms with Gasteiger partial charge in [-0.25, -0.2) is 9.78 Å². The Morgan fingerprint density at radius 2 is 2.00 bits per heavy atom. The number of nitrogens with zero attached hydrogens (tertiary/aromatic N) is 2. The highest BCUT2D eigenvalue weighted by Crippen LogP contribution is 2.12. The molecule has 19 heavy (non-hydrogen) atoms. The van der Waals surface area contributed by atoms with E-state index in [4.69, 9.17) is 16.7 Å². The van der Waals surface area contributed by atoms with Gasteiger partial charge in [-0.3, -0.25) is 9.78 Å². The van der Waals surface area contributed by atoms with Gasteiger partial charge < -0.3 is 10.4 Å². The Morgan fingerprint density at radius 1 is 1.21 bits per heavy atom. The number of carbonyl (C=O) groups excluding carboxylic acids is 1. The highest BCUT2D eigenvalue weighted by Gasteiger charge is 2.17. The van der Waals surface area contributed by atoms with E-state index in [1.165, 1.54) is 30.6 Å². The van der Waals surface area contributed by atoms with Crippen LogP contribution >= 0.6 is 11.6 Å². The van der Waals surface area contributed by atoms with Crippen LogP contribution in [0, 0.1) is 0 Å². The van der Waals surface area contributed by atoms with Crippen LogP contribution < -0.4 is 5.32 Å². The number of aromatic nitrogens is 2. The first-order valence-electron chi connectivity index (χ1n) is 5.19. The van der Waals surface area contributed by atoms with Crippen molar-refractivity contribution in [3.05, 3.63) is 53.1 Å². The molecule has 6 nitrogen and oxygen atoms in total. The van der Waals surface area contributed by atoms with E-state index >= 15 is 0 Å². The molecular weight excluding hydrogens is 270 g/mol. The average molecular weight is 278 g/mol. The third-order valence-electron chi connectivity index (χ3n) is 2.24. The fourth-order valence-corrected chi connectivity index (χ4v) is 1.51. The molecule has 0 aliphatic carbocycles. The smallest absolute Gasteiger partial charge is 0.338 e. The number of anilines is 1. The summed E-state index contributed by atoms with van der Waals surface area (Å²) < 4.78 is 0. The fourth-order valence-electron chi connectivity index (χ4n) is 1.40. The van der Waals surface area contributed by atoms with Gasteiger partial charge in [0.25, 0.3) is 5.91 Å². The Bertz CT molecular complexity index is 628. The number of pyridine rings is 2. The summed E-state index contributed by atoms with van der Waals surface area (Å²) >= 11 is 5.62. The van der Waals surface area contributed by atoms with Crippen LogP contribution in [-0.2, 0) is 0 Å². The number of carboxylic acids is 1. The van der Waals surface area contributed by atoms with Crippen molar-refractivity contribution in [3.8, 4) is 0 Å². The van der Waals surface area contributed by atoms with E-state index in [0.29, 0.717) is 10.8 Å². The largest absolute Gasteiger partial charge is 0.478 e. The molecular formula is C12H8ClN3O3. The first kappa shape index (κ1) is 13.0. The quantitative estimate of drug-likeness (QED) is 0.838. The molecule has 0 aliphatic heterocycles. The van der Waals surface area contributed by atoms with Gasteiger partial charge in [0.05, 0.1) is 17.4 Å². The van der Waals surface area contributed by atoms with Gasteiger partial charge in [0.1, 0.15) is 10.8 Å². The van der Waals surface area contributed by atoms with Crippen molar-refractivity contribution in [2.24, 2.45) is 0 Å². The summed E-state index contributed by atoms with van der Waals surface area (Å²) in [6.45, 7) is 0. The van der Waals surface area contributed by atoms with Crippen molar-refractivity contribution >= 4 is 29.2 Å². The van der Waals surface area contributed by atoms with Crippen LogP contribution in [0.15, 0.2) is 36.7 Å². The summed E-state index contributed by atoms with van der Waals surface area (Å²) in [7, 11) is 0. The molecule has 1 amide bonds. The highest BCUT2D eigenvalue weighted by atomic mass is 35.5. The van der Waals surface area contributed by atoms with Crippen molar-refractivity contribution in [1.29, 1.82) is 0 Å². The zero-order chi connectivity index (χ0) is 13.8. The molecule has 2 heterocycles. The van der Waals surface area contributed by atoms with E-state index in [0.717, 1.165) is 0 Å². The third kappa shape index (κ3) is 3.05. The molecule has 0 aromatic carbocycles. The zero-order valence-electron chi connectivity index (χ0n) is 9.50. The minimum absolute atomic E-state index is 0.162. The normalized spacial score (nSPS) is 9.95. The molecule has 2 aromatic rings. The minimum Gasteiger partial charge on any atom is -0.478 e. The highest BCUT2D eigenvalue weighted by molar-refractivity contribution is 6.29. The number of aromatic carboxylic acids is 1. The van der Waals surface area contributed by atoms with Gasteiger partial charge in [-0.05, 0) is 24.3 Å². The van der Waals surface area contributed by atoms with Gasteiger partial charge in [0.15, 0.2) is 0 Å². The summed E-state index contributed by atoms with van der Waals surface area (Å²) in [4.78, 5) is 30.5. The number of carboxylic acid groups (broad SMARTS) is 1. The molecule has 0 fully saturated rings. The monoisotopic (exact) mass is 277 g/mol. The van der Waals surface area contributed by atoms with Crippen molar-refractivity contribution in [3.63, 3.8) is 0 Å². The second-order valence-electron chi connectivity index (χ2n) is 3.53. The predicted octanol–water partition coefficient (Wildman–Crippen LogP) is 2.08. The molecule has 0 saturated heterocycles. The van der Waals surface area contributed by atoms with Gasteiger partial charge in [0.2, 0.25) is 0 Å². The van der Waals surface area contributed by atoms with E-state index in [2.05, 4.69) is 15.3 Å². The number of amides is 1. The maximum atomic E-state index is 11.9. The van der Waals surface area contributed by atoms with Crippen LogP contribution in [0.1, 0.15) is 20.8 Å². The summed E-state index contributed by atoms with van der Waals surface area (Å²) in [5.41, 5.74) is 0.0725. The van der Waals surface area contributed by atoms with Crippen LogP contribution in [0.25, 0.3) is 0 Å². The van der Waals surface area contributed by atoms with Crippen molar-refractivity contribution in [2.75, 3.05) is 5.32 Å². The Hall–Kier alpha value is -2.47. The Balaban J connectivity index is 2.25. The molecule has 7 heteroatoms. The summed E-state index contributed by atoms with van der Waals surface area (Å²) in [5, 5.41) is 11.8. The Morgan fingerprint density at radius 3 is 2.63 bits per heavy atom. The number of hydrogen-bond donors (Lipinski definition) is 2. The number of rotatable bonds is 3. The molecule has 0 radical (unpaired) electrons. The summed E-state index contributed by atoms with van der Waals surface area (Å²) in [6, 6.07) is 5.82. The molecule has 0 unspecified atom stereocenters. The maximum Gasteiger partial charge on any atom is 0.338 e. The van der Waals surface area contributed by atoms with Crippen molar-refractivity contribution in [1.82, 2.24) is 9.97 Å². The van der Waals surface area contributed by atoms with Gasteiger partial charge >= 0.3 is 5.97 Å². The van der Waals surface area contributed by atoms with Crippen LogP contribution in [0.5, 0.6) is 0 Å². The molecule has 0 spiro atoms. The van der Waals surface area contributed by atoms with Crippen LogP contribution in [0.3, 0.4) is 0 Å². The molecule has 2 rings (SSSR count). The standard InChI is InChI=1S/C12H8ClN3O3/c13-9-4-3-7(6-15-9)16-11(17)10-8(12(18)19)2-1-5-14-10/h1-6H,(H,16,17)(H,18,19). The van der Waals surface area contributed by atoms with Crippen molar-refractivity contribution in [2.45, 2.75) is 0 Å². The molecule has 0 aliphatic rings. The van der Waals surface area contributed by atoms with Crippen LogP contribution in [0.2, 0.25) is 5.15 Å². The first-order valence-corrected chi connectivity index (χ1v) is 5.57. The molecule has 0 saturated carbocycles. The zero-order valence-corrected chi connectivity index (χ0v) is 10.3. The maximum absolute atomic E-state index is 11.9. The Kier molecular flexibility index (Phi) is 3.72. The predicted molar refractivity (Wildman–Crippen MR) is 68.4 cm³/mol. The van der Waals surface area contributed by atoms with Gasteiger partial charge in [-0.15, -0.1) is 0 Å². The van der Waals surface area contributed by atoms with E-state index in [1.807, 2.05) is 0 Å². The van der Waals surface area contributed by atoms with Gasteiger partial charge in [-0.1, -0.05) is 11.6 Å². The average Bonchev–Trinajstić information content (AvgIpc) is 2.41. The molecule has 2 N–H and O–H groups in total. The van der Waals surface area contributed by atoms with Crippen LogP contribution in [0.4, 0.5) is 5.69 Å².